The highest BCUT2D eigenvalue weighted by atomic mass is 32.1. The minimum absolute atomic E-state index is 0.0833. The van der Waals surface area contributed by atoms with Crippen molar-refractivity contribution in [2.24, 2.45) is 0 Å². The molecule has 148 valence electrons. The van der Waals surface area contributed by atoms with Gasteiger partial charge in [0.05, 0.1) is 5.69 Å². The van der Waals surface area contributed by atoms with Gasteiger partial charge in [0.2, 0.25) is 5.91 Å². The number of anilines is 2. The van der Waals surface area contributed by atoms with Crippen molar-refractivity contribution in [2.45, 2.75) is 19.4 Å². The number of thiophene rings is 1. The van der Waals surface area contributed by atoms with E-state index in [0.29, 0.717) is 36.6 Å². The molecule has 2 heterocycles. The number of benzene rings is 2. The monoisotopic (exact) mass is 410 g/mol. The van der Waals surface area contributed by atoms with Gasteiger partial charge in [0.1, 0.15) is 18.2 Å². The summed E-state index contributed by atoms with van der Waals surface area (Å²) in [6, 6.07) is 15.1. The van der Waals surface area contributed by atoms with Gasteiger partial charge in [-0.1, -0.05) is 12.1 Å². The van der Waals surface area contributed by atoms with Crippen molar-refractivity contribution in [3.63, 3.8) is 0 Å². The standard InChI is InChI=1S/C22H19FN2O3S/c23-19-13-16(8-9-20(19)25-10-2-7-21(25)26)24-22(27)15-4-1-5-17(12-15)28-14-18-6-3-11-29-18/h1,3-6,8-9,11-13H,2,7,10,14H2,(H,24,27). The molecule has 0 bridgehead atoms. The Morgan fingerprint density at radius 2 is 2.07 bits per heavy atom. The predicted molar refractivity (Wildman–Crippen MR) is 111 cm³/mol. The molecule has 1 aliphatic heterocycles. The Bertz CT molecular complexity index is 1040. The van der Waals surface area contributed by atoms with Gasteiger partial charge in [-0.05, 0) is 54.3 Å². The van der Waals surface area contributed by atoms with Crippen LogP contribution in [0.4, 0.5) is 15.8 Å². The van der Waals surface area contributed by atoms with Gasteiger partial charge in [0, 0.05) is 29.1 Å². The number of halogens is 1. The molecule has 0 radical (unpaired) electrons. The first-order valence-electron chi connectivity index (χ1n) is 9.27. The third-order valence-electron chi connectivity index (χ3n) is 4.63. The van der Waals surface area contributed by atoms with Crippen molar-refractivity contribution in [3.05, 3.63) is 76.2 Å². The average Bonchev–Trinajstić information content (AvgIpc) is 3.39. The smallest absolute Gasteiger partial charge is 0.255 e. The number of hydrogen-bond acceptors (Lipinski definition) is 4. The number of ether oxygens (including phenoxy) is 1. The second-order valence-corrected chi connectivity index (χ2v) is 7.70. The van der Waals surface area contributed by atoms with E-state index in [-0.39, 0.29) is 17.5 Å². The van der Waals surface area contributed by atoms with Crippen LogP contribution in [0.2, 0.25) is 0 Å². The zero-order valence-corrected chi connectivity index (χ0v) is 16.4. The van der Waals surface area contributed by atoms with Crippen molar-refractivity contribution in [1.29, 1.82) is 0 Å². The van der Waals surface area contributed by atoms with Crippen LogP contribution in [0, 0.1) is 5.82 Å². The van der Waals surface area contributed by atoms with Gasteiger partial charge in [0.15, 0.2) is 0 Å². The Labute approximate surface area is 171 Å². The van der Waals surface area contributed by atoms with E-state index in [1.807, 2.05) is 17.5 Å². The van der Waals surface area contributed by atoms with E-state index < -0.39 is 5.82 Å². The first-order chi connectivity index (χ1) is 14.1. The SMILES string of the molecule is O=C(Nc1ccc(N2CCCC2=O)c(F)c1)c1cccc(OCc2cccs2)c1. The Balaban J connectivity index is 1.43. The molecule has 0 saturated carbocycles. The molecule has 0 aliphatic carbocycles. The van der Waals surface area contributed by atoms with Gasteiger partial charge in [-0.25, -0.2) is 4.39 Å². The summed E-state index contributed by atoms with van der Waals surface area (Å²) in [5.41, 5.74) is 0.982. The van der Waals surface area contributed by atoms with Crippen LogP contribution in [0.15, 0.2) is 60.0 Å². The summed E-state index contributed by atoms with van der Waals surface area (Å²) in [5.74, 6) is -0.401. The van der Waals surface area contributed by atoms with Gasteiger partial charge < -0.3 is 15.0 Å². The zero-order valence-electron chi connectivity index (χ0n) is 15.6. The molecule has 0 unspecified atom stereocenters. The highest BCUT2D eigenvalue weighted by Gasteiger charge is 2.24. The summed E-state index contributed by atoms with van der Waals surface area (Å²) in [6.07, 6.45) is 1.16. The minimum atomic E-state index is -0.536. The molecule has 1 fully saturated rings. The third-order valence-corrected chi connectivity index (χ3v) is 5.48. The van der Waals surface area contributed by atoms with E-state index in [4.69, 9.17) is 4.74 Å². The highest BCUT2D eigenvalue weighted by Crippen LogP contribution is 2.27. The summed E-state index contributed by atoms with van der Waals surface area (Å²) < 4.78 is 20.2. The van der Waals surface area contributed by atoms with E-state index in [9.17, 15) is 14.0 Å². The van der Waals surface area contributed by atoms with Crippen molar-refractivity contribution in [3.8, 4) is 5.75 Å². The summed E-state index contributed by atoms with van der Waals surface area (Å²) >= 11 is 1.60. The molecule has 1 N–H and O–H groups in total. The molecule has 0 spiro atoms. The first-order valence-corrected chi connectivity index (χ1v) is 10.1. The largest absolute Gasteiger partial charge is 0.488 e. The predicted octanol–water partition coefficient (Wildman–Crippen LogP) is 4.85. The Morgan fingerprint density at radius 1 is 1.17 bits per heavy atom. The molecule has 3 aromatic rings. The fourth-order valence-corrected chi connectivity index (χ4v) is 3.80. The normalized spacial score (nSPS) is 13.6. The molecule has 1 saturated heterocycles. The number of carbonyl (C=O) groups excluding carboxylic acids is 2. The van der Waals surface area contributed by atoms with Gasteiger partial charge in [-0.2, -0.15) is 0 Å². The van der Waals surface area contributed by atoms with Gasteiger partial charge in [-0.15, -0.1) is 11.3 Å². The van der Waals surface area contributed by atoms with E-state index in [0.717, 1.165) is 11.3 Å². The number of nitrogens with one attached hydrogen (secondary N) is 1. The zero-order chi connectivity index (χ0) is 20.2. The van der Waals surface area contributed by atoms with Crippen LogP contribution < -0.4 is 15.0 Å². The molecule has 4 rings (SSSR count). The van der Waals surface area contributed by atoms with Crippen molar-refractivity contribution in [2.75, 3.05) is 16.8 Å². The Morgan fingerprint density at radius 3 is 2.79 bits per heavy atom. The minimum Gasteiger partial charge on any atom is -0.488 e. The first kappa shape index (κ1) is 19.1. The van der Waals surface area contributed by atoms with Crippen LogP contribution in [-0.2, 0) is 11.4 Å². The summed E-state index contributed by atoms with van der Waals surface area (Å²) in [6.45, 7) is 0.949. The summed E-state index contributed by atoms with van der Waals surface area (Å²) in [5, 5.41) is 4.67. The van der Waals surface area contributed by atoms with Crippen LogP contribution in [0.25, 0.3) is 0 Å². The van der Waals surface area contributed by atoms with Crippen LogP contribution in [0.5, 0.6) is 5.75 Å². The lowest BCUT2D eigenvalue weighted by Gasteiger charge is -2.17. The molecule has 1 aromatic heterocycles. The maximum atomic E-state index is 14.5. The molecule has 29 heavy (non-hydrogen) atoms. The lowest BCUT2D eigenvalue weighted by molar-refractivity contribution is -0.117. The molecule has 1 aliphatic rings. The molecule has 2 amide bonds. The topological polar surface area (TPSA) is 58.6 Å². The van der Waals surface area contributed by atoms with Gasteiger partial charge in [0.25, 0.3) is 5.91 Å². The Kier molecular flexibility index (Phi) is 5.57. The fraction of sp³-hybridized carbons (Fsp3) is 0.182. The Hall–Kier alpha value is -3.19. The van der Waals surface area contributed by atoms with E-state index in [1.165, 1.54) is 17.0 Å². The average molecular weight is 410 g/mol. The van der Waals surface area contributed by atoms with Crippen LogP contribution in [-0.4, -0.2) is 18.4 Å². The lowest BCUT2D eigenvalue weighted by Crippen LogP contribution is -2.24. The number of rotatable bonds is 6. The van der Waals surface area contributed by atoms with Crippen LogP contribution in [0.3, 0.4) is 0 Å². The molecular weight excluding hydrogens is 391 g/mol. The fourth-order valence-electron chi connectivity index (χ4n) is 3.19. The molecule has 7 heteroatoms. The molecule has 5 nitrogen and oxygen atoms in total. The van der Waals surface area contributed by atoms with Crippen molar-refractivity contribution in [1.82, 2.24) is 0 Å². The quantitative estimate of drug-likeness (QED) is 0.632. The van der Waals surface area contributed by atoms with Crippen LogP contribution >= 0.6 is 11.3 Å². The third kappa shape index (κ3) is 4.46. The van der Waals surface area contributed by atoms with Gasteiger partial charge in [-0.3, -0.25) is 9.59 Å². The van der Waals surface area contributed by atoms with E-state index in [1.54, 1.807) is 41.7 Å². The van der Waals surface area contributed by atoms with Crippen molar-refractivity contribution < 1.29 is 18.7 Å². The van der Waals surface area contributed by atoms with Gasteiger partial charge >= 0.3 is 0 Å². The lowest BCUT2D eigenvalue weighted by atomic mass is 10.2. The maximum Gasteiger partial charge on any atom is 0.255 e. The maximum absolute atomic E-state index is 14.5. The second kappa shape index (κ2) is 8.45. The number of carbonyl (C=O) groups is 2. The van der Waals surface area contributed by atoms with Crippen LogP contribution in [0.1, 0.15) is 28.1 Å². The number of nitrogens with zero attached hydrogens (tertiary/aromatic N) is 1. The molecule has 2 aromatic carbocycles. The van der Waals surface area contributed by atoms with E-state index in [2.05, 4.69) is 5.32 Å². The van der Waals surface area contributed by atoms with E-state index >= 15 is 0 Å². The molecular formula is C22H19FN2O3S. The number of hydrogen-bond donors (Lipinski definition) is 1. The summed E-state index contributed by atoms with van der Waals surface area (Å²) in [7, 11) is 0. The summed E-state index contributed by atoms with van der Waals surface area (Å²) in [4.78, 5) is 26.9. The number of amides is 2. The second-order valence-electron chi connectivity index (χ2n) is 6.67. The molecule has 0 atom stereocenters. The van der Waals surface area contributed by atoms with Crippen molar-refractivity contribution >= 4 is 34.5 Å². The highest BCUT2D eigenvalue weighted by molar-refractivity contribution is 7.09.